The molecule has 0 saturated carbocycles. The molecule has 0 aromatic heterocycles. The third-order valence-corrected chi connectivity index (χ3v) is 2.81. The van der Waals surface area contributed by atoms with E-state index >= 15 is 0 Å². The quantitative estimate of drug-likeness (QED) is 0.800. The lowest BCUT2D eigenvalue weighted by atomic mass is 10.1. The molecule has 0 spiro atoms. The molecule has 78 valence electrons. The van der Waals surface area contributed by atoms with E-state index in [-0.39, 0.29) is 0 Å². The Balaban J connectivity index is 2.87. The minimum absolute atomic E-state index is 0.585. The molecular weight excluding hydrogens is 240 g/mol. The topological polar surface area (TPSA) is 26.0 Å². The fourth-order valence-corrected chi connectivity index (χ4v) is 1.53. The predicted octanol–water partition coefficient (Wildman–Crippen LogP) is 3.62. The summed E-state index contributed by atoms with van der Waals surface area (Å²) in [5.41, 5.74) is 7.84. The number of hydrogen-bond acceptors (Lipinski definition) is 1. The number of alkyl halides is 3. The molecule has 0 fully saturated rings. The molecule has 4 heteroatoms. The standard InChI is InChI=1S/C10H12Cl3N/c1-2-7-3-5-8(6-4-7)9(14)10(11,12)13/h3-6,9H,2,14H2,1H3. The number of aryl methyl sites for hydroxylation is 1. The highest BCUT2D eigenvalue weighted by atomic mass is 35.6. The van der Waals surface area contributed by atoms with Crippen LogP contribution in [0.25, 0.3) is 0 Å². The third kappa shape index (κ3) is 3.03. The minimum Gasteiger partial charge on any atom is -0.320 e. The van der Waals surface area contributed by atoms with Crippen LogP contribution in [-0.2, 0) is 6.42 Å². The smallest absolute Gasteiger partial charge is 0.209 e. The molecule has 1 unspecified atom stereocenters. The van der Waals surface area contributed by atoms with E-state index in [9.17, 15) is 0 Å². The van der Waals surface area contributed by atoms with Crippen molar-refractivity contribution in [3.8, 4) is 0 Å². The first kappa shape index (κ1) is 12.1. The molecule has 1 rings (SSSR count). The number of hydrogen-bond donors (Lipinski definition) is 1. The van der Waals surface area contributed by atoms with Crippen LogP contribution in [-0.4, -0.2) is 3.79 Å². The normalized spacial score (nSPS) is 14.1. The molecule has 14 heavy (non-hydrogen) atoms. The maximum Gasteiger partial charge on any atom is 0.209 e. The number of benzene rings is 1. The summed E-state index contributed by atoms with van der Waals surface area (Å²) in [5.74, 6) is 0. The highest BCUT2D eigenvalue weighted by Crippen LogP contribution is 2.37. The third-order valence-electron chi connectivity index (χ3n) is 2.10. The van der Waals surface area contributed by atoms with Crippen molar-refractivity contribution in [3.05, 3.63) is 35.4 Å². The molecule has 1 nitrogen and oxygen atoms in total. The molecule has 0 heterocycles. The molecule has 1 aromatic carbocycles. The van der Waals surface area contributed by atoms with Gasteiger partial charge in [-0.05, 0) is 17.5 Å². The second-order valence-electron chi connectivity index (χ2n) is 3.11. The Kier molecular flexibility index (Phi) is 4.08. The number of rotatable bonds is 2. The van der Waals surface area contributed by atoms with Crippen LogP contribution in [0.4, 0.5) is 0 Å². The van der Waals surface area contributed by atoms with Gasteiger partial charge < -0.3 is 5.73 Å². The van der Waals surface area contributed by atoms with Crippen LogP contribution < -0.4 is 5.73 Å². The largest absolute Gasteiger partial charge is 0.320 e. The summed E-state index contributed by atoms with van der Waals surface area (Å²) in [6, 6.07) is 7.19. The van der Waals surface area contributed by atoms with Gasteiger partial charge in [-0.15, -0.1) is 0 Å². The van der Waals surface area contributed by atoms with Gasteiger partial charge in [-0.1, -0.05) is 66.0 Å². The summed E-state index contributed by atoms with van der Waals surface area (Å²) in [4.78, 5) is 0. The van der Waals surface area contributed by atoms with E-state index in [1.807, 2.05) is 24.3 Å². The van der Waals surface area contributed by atoms with Crippen molar-refractivity contribution in [1.82, 2.24) is 0 Å². The lowest BCUT2D eigenvalue weighted by Crippen LogP contribution is -2.25. The van der Waals surface area contributed by atoms with Crippen LogP contribution in [0.3, 0.4) is 0 Å². The van der Waals surface area contributed by atoms with Gasteiger partial charge in [0.1, 0.15) is 0 Å². The summed E-state index contributed by atoms with van der Waals surface area (Å²) in [6.45, 7) is 2.09. The molecule has 0 aliphatic rings. The molecule has 0 saturated heterocycles. The maximum absolute atomic E-state index is 5.77. The van der Waals surface area contributed by atoms with Crippen LogP contribution in [0.1, 0.15) is 24.1 Å². The van der Waals surface area contributed by atoms with Gasteiger partial charge in [-0.3, -0.25) is 0 Å². The van der Waals surface area contributed by atoms with Crippen LogP contribution >= 0.6 is 34.8 Å². The van der Waals surface area contributed by atoms with Crippen molar-refractivity contribution in [2.24, 2.45) is 5.73 Å². The fraction of sp³-hybridized carbons (Fsp3) is 0.400. The fourth-order valence-electron chi connectivity index (χ4n) is 1.15. The van der Waals surface area contributed by atoms with Gasteiger partial charge in [-0.25, -0.2) is 0 Å². The Morgan fingerprint density at radius 2 is 1.71 bits per heavy atom. The van der Waals surface area contributed by atoms with Crippen LogP contribution in [0, 0.1) is 0 Å². The summed E-state index contributed by atoms with van der Waals surface area (Å²) < 4.78 is -1.45. The summed E-state index contributed by atoms with van der Waals surface area (Å²) in [7, 11) is 0. The first-order valence-corrected chi connectivity index (χ1v) is 5.49. The van der Waals surface area contributed by atoms with Crippen molar-refractivity contribution in [1.29, 1.82) is 0 Å². The van der Waals surface area contributed by atoms with E-state index in [0.29, 0.717) is 0 Å². The molecule has 1 aromatic rings. The van der Waals surface area contributed by atoms with Crippen molar-refractivity contribution in [2.75, 3.05) is 0 Å². The summed E-state index contributed by atoms with van der Waals surface area (Å²) in [5, 5.41) is 0. The van der Waals surface area contributed by atoms with Gasteiger partial charge >= 0.3 is 0 Å². The van der Waals surface area contributed by atoms with Gasteiger partial charge in [0.25, 0.3) is 0 Å². The molecule has 1 atom stereocenters. The summed E-state index contributed by atoms with van der Waals surface area (Å²) >= 11 is 17.1. The van der Waals surface area contributed by atoms with E-state index < -0.39 is 9.83 Å². The Morgan fingerprint density at radius 1 is 1.21 bits per heavy atom. The lowest BCUT2D eigenvalue weighted by molar-refractivity contribution is 0.747. The molecule has 2 N–H and O–H groups in total. The van der Waals surface area contributed by atoms with E-state index in [2.05, 4.69) is 6.92 Å². The second-order valence-corrected chi connectivity index (χ2v) is 5.48. The Bertz CT molecular complexity index is 289. The van der Waals surface area contributed by atoms with Gasteiger partial charge in [0, 0.05) is 0 Å². The number of nitrogens with two attached hydrogens (primary N) is 1. The van der Waals surface area contributed by atoms with Crippen molar-refractivity contribution in [2.45, 2.75) is 23.2 Å². The first-order chi connectivity index (χ1) is 6.45. The Morgan fingerprint density at radius 3 is 2.07 bits per heavy atom. The molecule has 0 amide bonds. The van der Waals surface area contributed by atoms with E-state index in [0.717, 1.165) is 12.0 Å². The van der Waals surface area contributed by atoms with Gasteiger partial charge in [0.15, 0.2) is 0 Å². The van der Waals surface area contributed by atoms with E-state index in [1.54, 1.807) is 0 Å². The zero-order chi connectivity index (χ0) is 10.8. The van der Waals surface area contributed by atoms with Crippen LogP contribution in [0.15, 0.2) is 24.3 Å². The van der Waals surface area contributed by atoms with E-state index in [1.165, 1.54) is 5.56 Å². The first-order valence-electron chi connectivity index (χ1n) is 4.36. The maximum atomic E-state index is 5.77. The molecule has 0 bridgehead atoms. The molecule has 0 radical (unpaired) electrons. The van der Waals surface area contributed by atoms with Crippen molar-refractivity contribution in [3.63, 3.8) is 0 Å². The average molecular weight is 253 g/mol. The SMILES string of the molecule is CCc1ccc(C(N)C(Cl)(Cl)Cl)cc1. The molecular formula is C10H12Cl3N. The van der Waals surface area contributed by atoms with Gasteiger partial charge in [0.05, 0.1) is 6.04 Å². The molecule has 0 aliphatic carbocycles. The zero-order valence-electron chi connectivity index (χ0n) is 7.81. The monoisotopic (exact) mass is 251 g/mol. The highest BCUT2D eigenvalue weighted by molar-refractivity contribution is 6.68. The van der Waals surface area contributed by atoms with Crippen molar-refractivity contribution < 1.29 is 0 Å². The Hall–Kier alpha value is 0.0500. The van der Waals surface area contributed by atoms with Gasteiger partial charge in [0.2, 0.25) is 3.79 Å². The minimum atomic E-state index is -1.45. The predicted molar refractivity (Wildman–Crippen MR) is 63.0 cm³/mol. The average Bonchev–Trinajstić information content (AvgIpc) is 2.15. The summed E-state index contributed by atoms with van der Waals surface area (Å²) in [6.07, 6.45) is 0.989. The second kappa shape index (κ2) is 4.71. The van der Waals surface area contributed by atoms with Crippen LogP contribution in [0.2, 0.25) is 0 Å². The highest BCUT2D eigenvalue weighted by Gasteiger charge is 2.30. The lowest BCUT2D eigenvalue weighted by Gasteiger charge is -2.20. The Labute approximate surface area is 99.1 Å². The van der Waals surface area contributed by atoms with Gasteiger partial charge in [-0.2, -0.15) is 0 Å². The molecule has 0 aliphatic heterocycles. The zero-order valence-corrected chi connectivity index (χ0v) is 10.1. The number of halogens is 3. The van der Waals surface area contributed by atoms with Crippen molar-refractivity contribution >= 4 is 34.8 Å². The van der Waals surface area contributed by atoms with E-state index in [4.69, 9.17) is 40.5 Å². The van der Waals surface area contributed by atoms with Crippen LogP contribution in [0.5, 0.6) is 0 Å².